The molecule has 0 bridgehead atoms. The Balaban J connectivity index is 3.44. The van der Waals surface area contributed by atoms with Crippen molar-refractivity contribution in [2.24, 2.45) is 0 Å². The van der Waals surface area contributed by atoms with E-state index in [1.54, 1.807) is 0 Å². The minimum Gasteiger partial charge on any atom is -0.380 e. The van der Waals surface area contributed by atoms with Gasteiger partial charge in [0.25, 0.3) is 0 Å². The van der Waals surface area contributed by atoms with Crippen LogP contribution in [0.3, 0.4) is 0 Å². The van der Waals surface area contributed by atoms with Crippen molar-refractivity contribution < 1.29 is 9.47 Å². The summed E-state index contributed by atoms with van der Waals surface area (Å²) in [5.74, 6) is 0. The van der Waals surface area contributed by atoms with Crippen LogP contribution in [0.5, 0.6) is 0 Å². The first kappa shape index (κ1) is 33.4. The number of hydrogen-bond donors (Lipinski definition) is 0. The minimum absolute atomic E-state index is 0.365. The molecule has 0 N–H and O–H groups in total. The third kappa shape index (κ3) is 26.0. The molecule has 202 valence electrons. The fourth-order valence-electron chi connectivity index (χ4n) is 3.96. The van der Waals surface area contributed by atoms with Crippen molar-refractivity contribution in [1.29, 1.82) is 0 Å². The summed E-state index contributed by atoms with van der Waals surface area (Å²) in [7, 11) is 4.26. The predicted molar refractivity (Wildman–Crippen MR) is 152 cm³/mol. The average Bonchev–Trinajstić information content (AvgIpc) is 2.83. The summed E-state index contributed by atoms with van der Waals surface area (Å²) in [6.07, 6.45) is 32.7. The van der Waals surface area contributed by atoms with Crippen LogP contribution in [0.4, 0.5) is 0 Å². The van der Waals surface area contributed by atoms with Crippen molar-refractivity contribution in [2.45, 2.75) is 135 Å². The van der Waals surface area contributed by atoms with Crippen LogP contribution in [0.25, 0.3) is 0 Å². The molecule has 34 heavy (non-hydrogen) atoms. The smallest absolute Gasteiger partial charge is 0.0644 e. The maximum atomic E-state index is 5.96. The van der Waals surface area contributed by atoms with Gasteiger partial charge in [0, 0.05) is 13.2 Å². The summed E-state index contributed by atoms with van der Waals surface area (Å²) in [5, 5.41) is 0. The molecule has 1 atom stereocenters. The first-order chi connectivity index (χ1) is 16.7. The van der Waals surface area contributed by atoms with Crippen molar-refractivity contribution >= 4 is 0 Å². The summed E-state index contributed by atoms with van der Waals surface area (Å²) in [6, 6.07) is 0.365. The molecule has 0 saturated carbocycles. The fourth-order valence-corrected chi connectivity index (χ4v) is 3.96. The molecule has 0 aromatic rings. The molecular weight excluding hydrogens is 418 g/mol. The molecule has 0 radical (unpaired) electrons. The molecular formula is C31H61NO2. The van der Waals surface area contributed by atoms with Crippen molar-refractivity contribution in [3.8, 4) is 0 Å². The van der Waals surface area contributed by atoms with Crippen molar-refractivity contribution in [2.75, 3.05) is 40.5 Å². The van der Waals surface area contributed by atoms with Gasteiger partial charge in [-0.15, -0.1) is 0 Å². The van der Waals surface area contributed by atoms with E-state index >= 15 is 0 Å². The summed E-state index contributed by atoms with van der Waals surface area (Å²) in [4.78, 5) is 2.24. The Morgan fingerprint density at radius 3 is 1.44 bits per heavy atom. The molecule has 0 saturated heterocycles. The third-order valence-corrected chi connectivity index (χ3v) is 6.48. The Bertz CT molecular complexity index is 433. The molecule has 0 spiro atoms. The van der Waals surface area contributed by atoms with Gasteiger partial charge in [-0.2, -0.15) is 0 Å². The van der Waals surface area contributed by atoms with Crippen molar-refractivity contribution in [3.63, 3.8) is 0 Å². The number of ether oxygens (including phenoxy) is 2. The highest BCUT2D eigenvalue weighted by Gasteiger charge is 2.11. The summed E-state index contributed by atoms with van der Waals surface area (Å²) < 4.78 is 11.9. The lowest BCUT2D eigenvalue weighted by Gasteiger charge is -2.24. The first-order valence-electron chi connectivity index (χ1n) is 14.8. The lowest BCUT2D eigenvalue weighted by molar-refractivity contribution is 0.0197. The van der Waals surface area contributed by atoms with Crippen LogP contribution in [0.1, 0.15) is 129 Å². The Labute approximate surface area is 214 Å². The highest BCUT2D eigenvalue weighted by atomic mass is 16.5. The number of hydrogen-bond acceptors (Lipinski definition) is 3. The molecule has 3 heteroatoms. The molecule has 0 aliphatic rings. The second-order valence-corrected chi connectivity index (χ2v) is 10.1. The second-order valence-electron chi connectivity index (χ2n) is 10.1. The van der Waals surface area contributed by atoms with E-state index in [2.05, 4.69) is 57.1 Å². The normalized spacial score (nSPS) is 13.1. The number of unbranched alkanes of at least 4 members (excludes halogenated alkanes) is 14. The second kappa shape index (κ2) is 28.6. The zero-order chi connectivity index (χ0) is 25.0. The SMILES string of the molecule is CCCCC/C=C\C/C=C\CCCCCCCCOC[C@H](COCCCCCCCC)N(C)C. The van der Waals surface area contributed by atoms with Crippen LogP contribution in [0.15, 0.2) is 24.3 Å². The Morgan fingerprint density at radius 1 is 0.529 bits per heavy atom. The highest BCUT2D eigenvalue weighted by Crippen LogP contribution is 2.09. The molecule has 0 aromatic heterocycles. The molecule has 0 aliphatic heterocycles. The summed E-state index contributed by atoms with van der Waals surface area (Å²) >= 11 is 0. The number of allylic oxidation sites excluding steroid dienone is 4. The van der Waals surface area contributed by atoms with Gasteiger partial charge >= 0.3 is 0 Å². The fraction of sp³-hybridized carbons (Fsp3) is 0.871. The van der Waals surface area contributed by atoms with E-state index in [4.69, 9.17) is 9.47 Å². The van der Waals surface area contributed by atoms with Gasteiger partial charge in [-0.05, 0) is 59.0 Å². The molecule has 0 fully saturated rings. The van der Waals surface area contributed by atoms with E-state index in [0.29, 0.717) is 6.04 Å². The third-order valence-electron chi connectivity index (χ3n) is 6.48. The molecule has 0 unspecified atom stereocenters. The Hall–Kier alpha value is -0.640. The van der Waals surface area contributed by atoms with Gasteiger partial charge in [0.15, 0.2) is 0 Å². The molecule has 0 heterocycles. The van der Waals surface area contributed by atoms with E-state index < -0.39 is 0 Å². The van der Waals surface area contributed by atoms with Crippen LogP contribution < -0.4 is 0 Å². The highest BCUT2D eigenvalue weighted by molar-refractivity contribution is 4.92. The predicted octanol–water partition coefficient (Wildman–Crippen LogP) is 9.12. The summed E-state index contributed by atoms with van der Waals surface area (Å²) in [5.41, 5.74) is 0. The van der Waals surface area contributed by atoms with E-state index in [9.17, 15) is 0 Å². The van der Waals surface area contributed by atoms with E-state index in [1.165, 1.54) is 109 Å². The van der Waals surface area contributed by atoms with Gasteiger partial charge in [-0.25, -0.2) is 0 Å². The molecule has 0 amide bonds. The van der Waals surface area contributed by atoms with Crippen LogP contribution in [-0.4, -0.2) is 51.5 Å². The van der Waals surface area contributed by atoms with Crippen LogP contribution in [-0.2, 0) is 9.47 Å². The van der Waals surface area contributed by atoms with Crippen LogP contribution in [0, 0.1) is 0 Å². The van der Waals surface area contributed by atoms with Crippen molar-refractivity contribution in [1.82, 2.24) is 4.90 Å². The Morgan fingerprint density at radius 2 is 0.941 bits per heavy atom. The molecule has 0 aliphatic carbocycles. The van der Waals surface area contributed by atoms with Crippen LogP contribution >= 0.6 is 0 Å². The standard InChI is InChI=1S/C31H61NO2/c1-5-7-9-11-13-14-15-16-17-18-19-20-21-22-24-26-28-34-30-31(32(3)4)29-33-27-25-23-12-10-8-6-2/h13-14,16-17,31H,5-12,15,18-30H2,1-4H3/b14-13-,17-16-/t31-/m0/s1. The van der Waals surface area contributed by atoms with E-state index in [0.717, 1.165) is 32.8 Å². The largest absolute Gasteiger partial charge is 0.380 e. The zero-order valence-corrected chi connectivity index (χ0v) is 23.7. The van der Waals surface area contributed by atoms with Gasteiger partial charge in [0.05, 0.1) is 19.3 Å². The first-order valence-corrected chi connectivity index (χ1v) is 14.8. The average molecular weight is 480 g/mol. The number of rotatable bonds is 27. The topological polar surface area (TPSA) is 21.7 Å². The van der Waals surface area contributed by atoms with Gasteiger partial charge in [-0.1, -0.05) is 109 Å². The molecule has 0 aromatic carbocycles. The van der Waals surface area contributed by atoms with Gasteiger partial charge in [0.1, 0.15) is 0 Å². The van der Waals surface area contributed by atoms with Crippen LogP contribution in [0.2, 0.25) is 0 Å². The monoisotopic (exact) mass is 479 g/mol. The van der Waals surface area contributed by atoms with Gasteiger partial charge in [0.2, 0.25) is 0 Å². The van der Waals surface area contributed by atoms with Gasteiger partial charge < -0.3 is 14.4 Å². The number of nitrogens with zero attached hydrogens (tertiary/aromatic N) is 1. The van der Waals surface area contributed by atoms with E-state index in [-0.39, 0.29) is 0 Å². The van der Waals surface area contributed by atoms with Crippen molar-refractivity contribution in [3.05, 3.63) is 24.3 Å². The lowest BCUT2D eigenvalue weighted by Crippen LogP contribution is -2.37. The zero-order valence-electron chi connectivity index (χ0n) is 23.7. The maximum absolute atomic E-state index is 5.96. The lowest BCUT2D eigenvalue weighted by atomic mass is 10.1. The summed E-state index contributed by atoms with van der Waals surface area (Å²) in [6.45, 7) is 7.87. The molecule has 3 nitrogen and oxygen atoms in total. The van der Waals surface area contributed by atoms with Gasteiger partial charge in [-0.3, -0.25) is 0 Å². The quantitative estimate of drug-likeness (QED) is 0.0865. The Kier molecular flexibility index (Phi) is 28.1. The molecule has 0 rings (SSSR count). The maximum Gasteiger partial charge on any atom is 0.0644 e. The number of likely N-dealkylation sites (N-methyl/N-ethyl adjacent to an activating group) is 1. The van der Waals surface area contributed by atoms with E-state index in [1.807, 2.05) is 0 Å². The minimum atomic E-state index is 0.365.